The van der Waals surface area contributed by atoms with Gasteiger partial charge in [-0.05, 0) is 48.9 Å². The van der Waals surface area contributed by atoms with Crippen molar-refractivity contribution in [2.24, 2.45) is 5.10 Å². The molecule has 25 heavy (non-hydrogen) atoms. The van der Waals surface area contributed by atoms with E-state index in [2.05, 4.69) is 10.5 Å². The van der Waals surface area contributed by atoms with Crippen molar-refractivity contribution < 1.29 is 13.9 Å². The van der Waals surface area contributed by atoms with Crippen LogP contribution in [0.2, 0.25) is 0 Å². The number of hydrazone groups is 1. The molecule has 5 nitrogen and oxygen atoms in total. The summed E-state index contributed by atoms with van der Waals surface area (Å²) in [6.45, 7) is 2.33. The van der Waals surface area contributed by atoms with Crippen LogP contribution in [-0.2, 0) is 6.61 Å². The third kappa shape index (κ3) is 4.81. The van der Waals surface area contributed by atoms with Crippen molar-refractivity contribution in [3.63, 3.8) is 0 Å². The molecule has 0 radical (unpaired) electrons. The number of rotatable bonds is 6. The zero-order chi connectivity index (χ0) is 17.5. The number of hydrogen-bond donors (Lipinski definition) is 1. The van der Waals surface area contributed by atoms with E-state index in [1.807, 2.05) is 43.3 Å². The van der Waals surface area contributed by atoms with Crippen LogP contribution in [0, 0.1) is 6.92 Å². The monoisotopic (exact) mass is 334 g/mol. The largest absolute Gasteiger partial charge is 0.489 e. The maximum atomic E-state index is 12.0. The first kappa shape index (κ1) is 16.5. The summed E-state index contributed by atoms with van der Waals surface area (Å²) in [5.74, 6) is 1.78. The molecule has 3 rings (SSSR count). The first-order chi connectivity index (χ1) is 12.2. The van der Waals surface area contributed by atoms with E-state index in [-0.39, 0.29) is 5.91 Å². The second-order valence-corrected chi connectivity index (χ2v) is 5.45. The maximum absolute atomic E-state index is 12.0. The van der Waals surface area contributed by atoms with Gasteiger partial charge in [0.15, 0.2) is 0 Å². The molecule has 0 aliphatic heterocycles. The zero-order valence-corrected chi connectivity index (χ0v) is 13.8. The van der Waals surface area contributed by atoms with E-state index in [1.165, 1.54) is 6.21 Å². The number of furan rings is 1. The van der Waals surface area contributed by atoms with Gasteiger partial charge in [-0.3, -0.25) is 4.79 Å². The Morgan fingerprint density at radius 3 is 2.52 bits per heavy atom. The van der Waals surface area contributed by atoms with Crippen molar-refractivity contribution in [1.82, 2.24) is 5.43 Å². The Balaban J connectivity index is 1.52. The smallest absolute Gasteiger partial charge is 0.271 e. The number of amides is 1. The highest BCUT2D eigenvalue weighted by Gasteiger charge is 2.05. The Labute approximate surface area is 145 Å². The van der Waals surface area contributed by atoms with Crippen LogP contribution in [-0.4, -0.2) is 12.1 Å². The highest BCUT2D eigenvalue weighted by Crippen LogP contribution is 2.14. The van der Waals surface area contributed by atoms with Crippen LogP contribution in [0.3, 0.4) is 0 Å². The standard InChI is InChI=1S/C20H18N2O3/c1-15-7-10-19(25-15)13-21-22-20(23)17-8-11-18(12-9-17)24-14-16-5-3-2-4-6-16/h2-13H,14H2,1H3,(H,22,23). The molecule has 0 fully saturated rings. The number of nitrogens with one attached hydrogen (secondary N) is 1. The lowest BCUT2D eigenvalue weighted by Crippen LogP contribution is -2.17. The number of benzene rings is 2. The minimum absolute atomic E-state index is 0.297. The minimum Gasteiger partial charge on any atom is -0.489 e. The Morgan fingerprint density at radius 2 is 1.84 bits per heavy atom. The summed E-state index contributed by atoms with van der Waals surface area (Å²) in [5, 5.41) is 3.88. The van der Waals surface area contributed by atoms with Crippen molar-refractivity contribution in [1.29, 1.82) is 0 Å². The molecule has 1 aromatic heterocycles. The van der Waals surface area contributed by atoms with Gasteiger partial charge >= 0.3 is 0 Å². The average molecular weight is 334 g/mol. The lowest BCUT2D eigenvalue weighted by Gasteiger charge is -2.07. The van der Waals surface area contributed by atoms with Gasteiger partial charge in [0, 0.05) is 5.56 Å². The van der Waals surface area contributed by atoms with Crippen molar-refractivity contribution in [3.05, 3.63) is 89.4 Å². The second kappa shape index (κ2) is 7.97. The molecule has 0 saturated carbocycles. The summed E-state index contributed by atoms with van der Waals surface area (Å²) in [7, 11) is 0. The number of ether oxygens (including phenoxy) is 1. The Morgan fingerprint density at radius 1 is 1.08 bits per heavy atom. The molecule has 0 saturated heterocycles. The fraction of sp³-hybridized carbons (Fsp3) is 0.100. The van der Waals surface area contributed by atoms with Crippen LogP contribution >= 0.6 is 0 Å². The summed E-state index contributed by atoms with van der Waals surface area (Å²) >= 11 is 0. The SMILES string of the molecule is Cc1ccc(C=NNC(=O)c2ccc(OCc3ccccc3)cc2)o1. The lowest BCUT2D eigenvalue weighted by atomic mass is 10.2. The molecular weight excluding hydrogens is 316 g/mol. The molecule has 1 amide bonds. The van der Waals surface area contributed by atoms with Gasteiger partial charge in [-0.25, -0.2) is 5.43 Å². The predicted octanol–water partition coefficient (Wildman–Crippen LogP) is 3.93. The summed E-state index contributed by atoms with van der Waals surface area (Å²) in [4.78, 5) is 12.0. The topological polar surface area (TPSA) is 63.8 Å². The summed E-state index contributed by atoms with van der Waals surface area (Å²) in [6, 6.07) is 20.4. The fourth-order valence-corrected chi connectivity index (χ4v) is 2.19. The molecule has 1 N–H and O–H groups in total. The van der Waals surface area contributed by atoms with Crippen LogP contribution < -0.4 is 10.2 Å². The highest BCUT2D eigenvalue weighted by atomic mass is 16.5. The normalized spacial score (nSPS) is 10.8. The molecule has 2 aromatic carbocycles. The molecule has 1 heterocycles. The maximum Gasteiger partial charge on any atom is 0.271 e. The van der Waals surface area contributed by atoms with Gasteiger partial charge in [-0.1, -0.05) is 30.3 Å². The molecule has 0 bridgehead atoms. The first-order valence-electron chi connectivity index (χ1n) is 7.87. The lowest BCUT2D eigenvalue weighted by molar-refractivity contribution is 0.0955. The number of nitrogens with zero attached hydrogens (tertiary/aromatic N) is 1. The van der Waals surface area contributed by atoms with Crippen LogP contribution in [0.4, 0.5) is 0 Å². The minimum atomic E-state index is -0.297. The fourth-order valence-electron chi connectivity index (χ4n) is 2.19. The summed E-state index contributed by atoms with van der Waals surface area (Å²) in [5.41, 5.74) is 4.05. The van der Waals surface area contributed by atoms with Gasteiger partial charge in [-0.2, -0.15) is 5.10 Å². The Hall–Kier alpha value is -3.34. The zero-order valence-electron chi connectivity index (χ0n) is 13.8. The predicted molar refractivity (Wildman–Crippen MR) is 95.7 cm³/mol. The molecule has 0 unspecified atom stereocenters. The second-order valence-electron chi connectivity index (χ2n) is 5.45. The third-order valence-corrected chi connectivity index (χ3v) is 3.48. The molecule has 0 atom stereocenters. The number of carbonyl (C=O) groups excluding carboxylic acids is 1. The molecular formula is C20H18N2O3. The average Bonchev–Trinajstić information content (AvgIpc) is 3.06. The van der Waals surface area contributed by atoms with Crippen molar-refractivity contribution in [2.45, 2.75) is 13.5 Å². The summed E-state index contributed by atoms with van der Waals surface area (Å²) in [6.07, 6.45) is 1.46. The molecule has 3 aromatic rings. The van der Waals surface area contributed by atoms with Crippen molar-refractivity contribution in [2.75, 3.05) is 0 Å². The van der Waals surface area contributed by atoms with E-state index < -0.39 is 0 Å². The van der Waals surface area contributed by atoms with Gasteiger partial charge in [0.1, 0.15) is 23.9 Å². The quantitative estimate of drug-likeness (QED) is 0.549. The number of aryl methyl sites for hydroxylation is 1. The van der Waals surface area contributed by atoms with Gasteiger partial charge in [0.2, 0.25) is 0 Å². The van der Waals surface area contributed by atoms with Crippen molar-refractivity contribution >= 4 is 12.1 Å². The van der Waals surface area contributed by atoms with Gasteiger partial charge in [0.25, 0.3) is 5.91 Å². The van der Waals surface area contributed by atoms with Gasteiger partial charge in [-0.15, -0.1) is 0 Å². The van der Waals surface area contributed by atoms with E-state index in [1.54, 1.807) is 30.3 Å². The van der Waals surface area contributed by atoms with Gasteiger partial charge < -0.3 is 9.15 Å². The van der Waals surface area contributed by atoms with E-state index in [0.29, 0.717) is 23.7 Å². The Bertz CT molecular complexity index is 852. The summed E-state index contributed by atoms with van der Waals surface area (Å²) < 4.78 is 11.0. The number of carbonyl (C=O) groups is 1. The number of hydrogen-bond acceptors (Lipinski definition) is 4. The Kier molecular flexibility index (Phi) is 5.26. The molecule has 0 aliphatic rings. The molecule has 0 aliphatic carbocycles. The molecule has 126 valence electrons. The molecule has 0 spiro atoms. The van der Waals surface area contributed by atoms with Crippen LogP contribution in [0.15, 0.2) is 76.2 Å². The van der Waals surface area contributed by atoms with E-state index in [9.17, 15) is 4.79 Å². The van der Waals surface area contributed by atoms with Crippen LogP contribution in [0.5, 0.6) is 5.75 Å². The highest BCUT2D eigenvalue weighted by molar-refractivity contribution is 5.94. The third-order valence-electron chi connectivity index (χ3n) is 3.48. The van der Waals surface area contributed by atoms with E-state index >= 15 is 0 Å². The van der Waals surface area contributed by atoms with E-state index in [4.69, 9.17) is 9.15 Å². The van der Waals surface area contributed by atoms with Crippen molar-refractivity contribution in [3.8, 4) is 5.75 Å². The van der Waals surface area contributed by atoms with E-state index in [0.717, 1.165) is 11.3 Å². The first-order valence-corrected chi connectivity index (χ1v) is 7.87. The molecule has 5 heteroatoms. The van der Waals surface area contributed by atoms with Gasteiger partial charge in [0.05, 0.1) is 6.21 Å². The van der Waals surface area contributed by atoms with Crippen LogP contribution in [0.1, 0.15) is 27.4 Å². The van der Waals surface area contributed by atoms with Crippen LogP contribution in [0.25, 0.3) is 0 Å².